The van der Waals surface area contributed by atoms with Crippen LogP contribution in [0, 0.1) is 0 Å². The lowest BCUT2D eigenvalue weighted by Crippen LogP contribution is -2.38. The fourth-order valence-electron chi connectivity index (χ4n) is 3.37. The second-order valence-corrected chi connectivity index (χ2v) is 10.2. The van der Waals surface area contributed by atoms with Gasteiger partial charge in [-0.15, -0.1) is 13.2 Å². The Morgan fingerprint density at radius 1 is 1.17 bits per heavy atom. The molecule has 2 heterocycles. The van der Waals surface area contributed by atoms with Crippen molar-refractivity contribution in [2.45, 2.75) is 42.4 Å². The molecule has 0 atom stereocenters. The average molecular weight is 524 g/mol. The molecule has 0 unspecified atom stereocenters. The number of halogens is 3. The smallest absolute Gasteiger partial charge is 0.405 e. The zero-order chi connectivity index (χ0) is 26.1. The number of amides is 1. The van der Waals surface area contributed by atoms with Gasteiger partial charge in [-0.25, -0.2) is 13.2 Å². The normalized spacial score (nSPS) is 13.9. The summed E-state index contributed by atoms with van der Waals surface area (Å²) in [6.07, 6.45) is -2.77. The van der Waals surface area contributed by atoms with E-state index in [1.807, 2.05) is 0 Å². The van der Waals surface area contributed by atoms with Gasteiger partial charge in [0.1, 0.15) is 11.4 Å². The molecule has 1 saturated carbocycles. The number of carbonyl (C=O) groups excluding carboxylic acids is 1. The second kappa shape index (κ2) is 9.60. The topological polar surface area (TPSA) is 140 Å². The highest BCUT2D eigenvalue weighted by Gasteiger charge is 2.38. The maximum atomic E-state index is 12.9. The minimum Gasteiger partial charge on any atom is -0.405 e. The van der Waals surface area contributed by atoms with E-state index in [-0.39, 0.29) is 17.0 Å². The number of nitrogens with one attached hydrogen (secondary N) is 2. The molecule has 1 amide bonds. The minimum atomic E-state index is -5.11. The van der Waals surface area contributed by atoms with Gasteiger partial charge in [0, 0.05) is 24.4 Å². The molecule has 1 aromatic carbocycles. The van der Waals surface area contributed by atoms with Crippen LogP contribution < -0.4 is 21.3 Å². The van der Waals surface area contributed by atoms with Gasteiger partial charge in [-0.3, -0.25) is 19.1 Å². The standard InChI is InChI=1S/C22H19F3N4O6S/c23-22(24,25)35-18-9-16(36(33,34)15-6-7-15)5-4-13(18)11-27-20(31)17-10-19(30)29(21(32)28-17)12-14-3-1-2-8-26-14/h1-5,8-10,15H,6-7,11-12H2,(H,27,31)(H,28,32). The van der Waals surface area contributed by atoms with Crippen LogP contribution in [0.15, 0.2) is 63.1 Å². The number of aromatic nitrogens is 3. The third-order valence-corrected chi connectivity index (χ3v) is 7.57. The van der Waals surface area contributed by atoms with Gasteiger partial charge in [0.2, 0.25) is 0 Å². The van der Waals surface area contributed by atoms with Crippen molar-refractivity contribution in [1.29, 1.82) is 0 Å². The Bertz CT molecular complexity index is 1480. The van der Waals surface area contributed by atoms with E-state index >= 15 is 0 Å². The molecule has 3 aromatic rings. The van der Waals surface area contributed by atoms with E-state index in [1.54, 1.807) is 18.2 Å². The van der Waals surface area contributed by atoms with E-state index in [2.05, 4.69) is 20.0 Å². The maximum absolute atomic E-state index is 12.9. The molecule has 10 nitrogen and oxygen atoms in total. The Morgan fingerprint density at radius 2 is 1.92 bits per heavy atom. The zero-order valence-corrected chi connectivity index (χ0v) is 19.2. The Hall–Kier alpha value is -3.94. The average Bonchev–Trinajstić information content (AvgIpc) is 3.66. The molecule has 190 valence electrons. The number of H-pyrrole nitrogens is 1. The molecule has 0 saturated heterocycles. The Balaban J connectivity index is 1.53. The molecule has 4 rings (SSSR count). The van der Waals surface area contributed by atoms with Crippen LogP contribution in [0.25, 0.3) is 0 Å². The SMILES string of the molecule is O=C(NCc1ccc(S(=O)(=O)C2CC2)cc1OC(F)(F)F)c1cc(=O)n(Cc2ccccn2)c(=O)[nH]1. The highest BCUT2D eigenvalue weighted by Crippen LogP contribution is 2.36. The van der Waals surface area contributed by atoms with Gasteiger partial charge in [0.05, 0.1) is 22.4 Å². The molecule has 0 spiro atoms. The first-order valence-electron chi connectivity index (χ1n) is 10.6. The Morgan fingerprint density at radius 3 is 2.53 bits per heavy atom. The quantitative estimate of drug-likeness (QED) is 0.458. The Labute approximate surface area is 201 Å². The highest BCUT2D eigenvalue weighted by molar-refractivity contribution is 7.92. The third kappa shape index (κ3) is 5.82. The number of benzene rings is 1. The van der Waals surface area contributed by atoms with Crippen molar-refractivity contribution in [1.82, 2.24) is 19.9 Å². The fourth-order valence-corrected chi connectivity index (χ4v) is 5.04. The Kier molecular flexibility index (Phi) is 6.71. The van der Waals surface area contributed by atoms with Crippen LogP contribution in [0.5, 0.6) is 5.75 Å². The number of rotatable bonds is 8. The molecular formula is C22H19F3N4O6S. The van der Waals surface area contributed by atoms with Gasteiger partial charge in [-0.2, -0.15) is 0 Å². The molecule has 1 aliphatic carbocycles. The van der Waals surface area contributed by atoms with Crippen LogP contribution in [0.3, 0.4) is 0 Å². The van der Waals surface area contributed by atoms with Gasteiger partial charge in [0.25, 0.3) is 11.5 Å². The summed E-state index contributed by atoms with van der Waals surface area (Å²) in [5.74, 6) is -1.73. The first kappa shape index (κ1) is 25.2. The number of sulfone groups is 1. The summed E-state index contributed by atoms with van der Waals surface area (Å²) < 4.78 is 68.4. The summed E-state index contributed by atoms with van der Waals surface area (Å²) in [6, 6.07) is 8.82. The van der Waals surface area contributed by atoms with Crippen molar-refractivity contribution >= 4 is 15.7 Å². The fraction of sp³-hybridized carbons (Fsp3) is 0.273. The van der Waals surface area contributed by atoms with Crippen LogP contribution >= 0.6 is 0 Å². The first-order valence-corrected chi connectivity index (χ1v) is 12.1. The number of hydrogen-bond donors (Lipinski definition) is 2. The molecule has 2 aromatic heterocycles. The lowest BCUT2D eigenvalue weighted by atomic mass is 10.2. The van der Waals surface area contributed by atoms with Crippen molar-refractivity contribution in [3.05, 3.63) is 86.5 Å². The van der Waals surface area contributed by atoms with Gasteiger partial charge >= 0.3 is 12.1 Å². The predicted molar refractivity (Wildman–Crippen MR) is 119 cm³/mol. The number of pyridine rings is 1. The number of aromatic amines is 1. The summed E-state index contributed by atoms with van der Waals surface area (Å²) in [6.45, 7) is -0.641. The van der Waals surface area contributed by atoms with Crippen LogP contribution in [-0.4, -0.2) is 40.5 Å². The monoisotopic (exact) mass is 524 g/mol. The van der Waals surface area contributed by atoms with Crippen molar-refractivity contribution in [2.24, 2.45) is 0 Å². The number of ether oxygens (including phenoxy) is 1. The third-order valence-electron chi connectivity index (χ3n) is 5.31. The number of hydrogen-bond acceptors (Lipinski definition) is 7. The second-order valence-electron chi connectivity index (χ2n) is 7.98. The molecule has 36 heavy (non-hydrogen) atoms. The van der Waals surface area contributed by atoms with Gasteiger partial charge < -0.3 is 15.0 Å². The van der Waals surface area contributed by atoms with E-state index in [9.17, 15) is 36.0 Å². The molecule has 0 aliphatic heterocycles. The van der Waals surface area contributed by atoms with Crippen LogP contribution in [-0.2, 0) is 22.9 Å². The molecule has 2 N–H and O–H groups in total. The van der Waals surface area contributed by atoms with Crippen LogP contribution in [0.4, 0.5) is 13.2 Å². The van der Waals surface area contributed by atoms with E-state index in [4.69, 9.17) is 0 Å². The summed E-state index contributed by atoms with van der Waals surface area (Å²) in [5.41, 5.74) is -1.80. The molecular weight excluding hydrogens is 505 g/mol. The van der Waals surface area contributed by atoms with Crippen molar-refractivity contribution in [3.8, 4) is 5.75 Å². The molecule has 1 aliphatic rings. The number of alkyl halides is 3. The van der Waals surface area contributed by atoms with E-state index in [0.29, 0.717) is 18.5 Å². The lowest BCUT2D eigenvalue weighted by molar-refractivity contribution is -0.275. The molecule has 1 fully saturated rings. The van der Waals surface area contributed by atoms with Crippen molar-refractivity contribution in [3.63, 3.8) is 0 Å². The maximum Gasteiger partial charge on any atom is 0.573 e. The largest absolute Gasteiger partial charge is 0.573 e. The van der Waals surface area contributed by atoms with Crippen molar-refractivity contribution in [2.75, 3.05) is 0 Å². The van der Waals surface area contributed by atoms with Gasteiger partial charge in [-0.05, 0) is 37.1 Å². The first-order chi connectivity index (χ1) is 16.9. The van der Waals surface area contributed by atoms with Crippen LogP contribution in [0.2, 0.25) is 0 Å². The molecule has 0 radical (unpaired) electrons. The lowest BCUT2D eigenvalue weighted by Gasteiger charge is -2.15. The van der Waals surface area contributed by atoms with Gasteiger partial charge in [0.15, 0.2) is 9.84 Å². The highest BCUT2D eigenvalue weighted by atomic mass is 32.2. The molecule has 14 heteroatoms. The van der Waals surface area contributed by atoms with E-state index in [0.717, 1.165) is 28.8 Å². The van der Waals surface area contributed by atoms with E-state index in [1.165, 1.54) is 6.20 Å². The summed E-state index contributed by atoms with van der Waals surface area (Å²) in [4.78, 5) is 43.2. The van der Waals surface area contributed by atoms with Crippen LogP contribution in [0.1, 0.15) is 34.6 Å². The summed E-state index contributed by atoms with van der Waals surface area (Å²) in [5, 5.41) is 1.65. The molecule has 0 bridgehead atoms. The van der Waals surface area contributed by atoms with Crippen molar-refractivity contribution < 1.29 is 31.1 Å². The van der Waals surface area contributed by atoms with E-state index < -0.39 is 56.6 Å². The zero-order valence-electron chi connectivity index (χ0n) is 18.4. The number of carbonyl (C=O) groups is 1. The minimum absolute atomic E-state index is 0.134. The summed E-state index contributed by atoms with van der Waals surface area (Å²) >= 11 is 0. The van der Waals surface area contributed by atoms with Gasteiger partial charge in [-0.1, -0.05) is 12.1 Å². The predicted octanol–water partition coefficient (Wildman–Crippen LogP) is 1.74. The summed E-state index contributed by atoms with van der Waals surface area (Å²) in [7, 11) is -3.79. The number of nitrogens with zero attached hydrogens (tertiary/aromatic N) is 2.